The number of hydrogen-bond acceptors (Lipinski definition) is 7. The highest BCUT2D eigenvalue weighted by atomic mass is 32.2. The van der Waals surface area contributed by atoms with Crippen LogP contribution in [0.25, 0.3) is 17.0 Å². The molecule has 140 valence electrons. The number of rotatable bonds is 4. The van der Waals surface area contributed by atoms with Crippen molar-refractivity contribution in [3.63, 3.8) is 0 Å². The molecule has 0 aliphatic carbocycles. The fraction of sp³-hybridized carbons (Fsp3) is 0.400. The maximum Gasteiger partial charge on any atom is 0.269 e. The molecular weight excluding hydrogens is 360 g/mol. The summed E-state index contributed by atoms with van der Waals surface area (Å²) >= 11 is 0. The van der Waals surface area contributed by atoms with Gasteiger partial charge >= 0.3 is 0 Å². The first-order chi connectivity index (χ1) is 12.3. The molecule has 3 rings (SSSR count). The highest BCUT2D eigenvalue weighted by Gasteiger charge is 2.13. The van der Waals surface area contributed by atoms with Crippen molar-refractivity contribution in [1.29, 1.82) is 0 Å². The van der Waals surface area contributed by atoms with Crippen LogP contribution in [-0.4, -0.2) is 48.3 Å². The van der Waals surface area contributed by atoms with Gasteiger partial charge in [-0.05, 0) is 37.1 Å². The van der Waals surface area contributed by atoms with Crippen molar-refractivity contribution in [3.05, 3.63) is 40.4 Å². The van der Waals surface area contributed by atoms with Crippen LogP contribution in [0.1, 0.15) is 25.8 Å². The molecule has 11 heteroatoms. The predicted octanol–water partition coefficient (Wildman–Crippen LogP) is 0.961. The Labute approximate surface area is 150 Å². The van der Waals surface area contributed by atoms with Gasteiger partial charge in [-0.2, -0.15) is 13.2 Å². The van der Waals surface area contributed by atoms with Gasteiger partial charge in [0.25, 0.3) is 15.7 Å². The Bertz CT molecular complexity index is 1060. The number of pyridine rings is 1. The highest BCUT2D eigenvalue weighted by Crippen LogP contribution is 2.10. The van der Waals surface area contributed by atoms with E-state index in [1.54, 1.807) is 6.20 Å². The zero-order valence-electron chi connectivity index (χ0n) is 14.7. The van der Waals surface area contributed by atoms with Gasteiger partial charge in [0.05, 0.1) is 12.3 Å². The SMILES string of the molecule is CCCn1nnc(-c2cnc3c(C)cccn3c2=O)n1.CCS(=O)(=O)O. The van der Waals surface area contributed by atoms with Crippen molar-refractivity contribution in [2.75, 3.05) is 5.75 Å². The summed E-state index contributed by atoms with van der Waals surface area (Å²) in [7, 11) is -3.66. The first-order valence-electron chi connectivity index (χ1n) is 7.97. The first-order valence-corrected chi connectivity index (χ1v) is 9.58. The molecule has 0 aliphatic rings. The van der Waals surface area contributed by atoms with Gasteiger partial charge in [0, 0.05) is 12.4 Å². The monoisotopic (exact) mass is 380 g/mol. The Morgan fingerprint density at radius 1 is 1.27 bits per heavy atom. The molecule has 0 saturated carbocycles. The van der Waals surface area contributed by atoms with Gasteiger partial charge in [-0.25, -0.2) is 4.98 Å². The predicted molar refractivity (Wildman–Crippen MR) is 95.4 cm³/mol. The van der Waals surface area contributed by atoms with Crippen LogP contribution in [-0.2, 0) is 16.7 Å². The third kappa shape index (κ3) is 4.70. The van der Waals surface area contributed by atoms with Crippen LogP contribution in [0.15, 0.2) is 29.3 Å². The number of aryl methyl sites for hydroxylation is 2. The van der Waals surface area contributed by atoms with E-state index in [9.17, 15) is 13.2 Å². The van der Waals surface area contributed by atoms with Crippen molar-refractivity contribution in [3.8, 4) is 11.4 Å². The molecule has 3 aromatic heterocycles. The summed E-state index contributed by atoms with van der Waals surface area (Å²) in [6, 6.07) is 3.73. The topological polar surface area (TPSA) is 132 Å². The summed E-state index contributed by atoms with van der Waals surface area (Å²) in [5, 5.41) is 12.0. The fourth-order valence-corrected chi connectivity index (χ4v) is 2.05. The molecule has 1 N–H and O–H groups in total. The van der Waals surface area contributed by atoms with Crippen LogP contribution >= 0.6 is 0 Å². The summed E-state index contributed by atoms with van der Waals surface area (Å²) in [6.45, 7) is 5.99. The van der Waals surface area contributed by atoms with Crippen molar-refractivity contribution in [1.82, 2.24) is 29.6 Å². The largest absolute Gasteiger partial charge is 0.286 e. The van der Waals surface area contributed by atoms with E-state index >= 15 is 0 Å². The number of nitrogens with zero attached hydrogens (tertiary/aromatic N) is 6. The van der Waals surface area contributed by atoms with E-state index < -0.39 is 10.1 Å². The van der Waals surface area contributed by atoms with Crippen molar-refractivity contribution < 1.29 is 13.0 Å². The average Bonchev–Trinajstić information content (AvgIpc) is 3.05. The van der Waals surface area contributed by atoms with Crippen LogP contribution in [0.3, 0.4) is 0 Å². The zero-order valence-corrected chi connectivity index (χ0v) is 15.5. The molecule has 0 amide bonds. The van der Waals surface area contributed by atoms with Crippen molar-refractivity contribution in [2.45, 2.75) is 33.7 Å². The van der Waals surface area contributed by atoms with Gasteiger partial charge in [-0.3, -0.25) is 13.7 Å². The molecule has 0 saturated heterocycles. The molecule has 0 aromatic carbocycles. The third-order valence-electron chi connectivity index (χ3n) is 3.41. The molecule has 0 spiro atoms. The second-order valence-corrected chi connectivity index (χ2v) is 7.18. The minimum Gasteiger partial charge on any atom is -0.286 e. The Balaban J connectivity index is 0.000000352. The smallest absolute Gasteiger partial charge is 0.269 e. The molecule has 26 heavy (non-hydrogen) atoms. The van der Waals surface area contributed by atoms with E-state index in [-0.39, 0.29) is 11.3 Å². The van der Waals surface area contributed by atoms with Crippen LogP contribution in [0.5, 0.6) is 0 Å². The Morgan fingerprint density at radius 3 is 2.58 bits per heavy atom. The van der Waals surface area contributed by atoms with Gasteiger partial charge in [0.1, 0.15) is 11.2 Å². The number of tetrazole rings is 1. The van der Waals surface area contributed by atoms with Gasteiger partial charge < -0.3 is 0 Å². The van der Waals surface area contributed by atoms with Gasteiger partial charge in [0.15, 0.2) is 0 Å². The second-order valence-electron chi connectivity index (χ2n) is 5.44. The normalized spacial score (nSPS) is 11.2. The molecule has 0 atom stereocenters. The van der Waals surface area contributed by atoms with E-state index in [4.69, 9.17) is 4.55 Å². The molecule has 3 aromatic rings. The molecular formula is C15H20N6O4S. The fourth-order valence-electron chi connectivity index (χ4n) is 2.05. The summed E-state index contributed by atoms with van der Waals surface area (Å²) in [4.78, 5) is 18.3. The summed E-state index contributed by atoms with van der Waals surface area (Å²) in [6.07, 6.45) is 4.11. The maximum atomic E-state index is 12.5. The average molecular weight is 380 g/mol. The summed E-state index contributed by atoms with van der Waals surface area (Å²) < 4.78 is 28.4. The second kappa shape index (κ2) is 8.15. The molecule has 0 radical (unpaired) electrons. The standard InChI is InChI=1S/C13H14N6O.C2H6O3S/c1-3-6-19-16-11(15-17-19)10-8-14-12-9(2)5-4-7-18(12)13(10)20;1-2-6(3,4)5/h4-5,7-8H,3,6H2,1-2H3;2H2,1H3,(H,3,4,5). The zero-order chi connectivity index (χ0) is 19.3. The molecule has 3 heterocycles. The van der Waals surface area contributed by atoms with Crippen molar-refractivity contribution in [2.24, 2.45) is 0 Å². The van der Waals surface area contributed by atoms with E-state index in [2.05, 4.69) is 20.4 Å². The third-order valence-corrected chi connectivity index (χ3v) is 4.14. The van der Waals surface area contributed by atoms with Crippen molar-refractivity contribution >= 4 is 15.8 Å². The van der Waals surface area contributed by atoms with Crippen LogP contribution < -0.4 is 5.56 Å². The molecule has 0 aliphatic heterocycles. The van der Waals surface area contributed by atoms with E-state index in [0.29, 0.717) is 23.6 Å². The molecule has 0 bridgehead atoms. The lowest BCUT2D eigenvalue weighted by atomic mass is 10.2. The minimum atomic E-state index is -3.66. The minimum absolute atomic E-state index is 0.185. The number of aromatic nitrogens is 6. The van der Waals surface area contributed by atoms with Crippen LogP contribution in [0, 0.1) is 6.92 Å². The van der Waals surface area contributed by atoms with Crippen LogP contribution in [0.2, 0.25) is 0 Å². The Kier molecular flexibility index (Phi) is 6.16. The number of hydrogen-bond donors (Lipinski definition) is 1. The lowest BCUT2D eigenvalue weighted by Gasteiger charge is -2.03. The summed E-state index contributed by atoms with van der Waals surface area (Å²) in [5.41, 5.74) is 1.76. The molecule has 0 unspecified atom stereocenters. The lowest BCUT2D eigenvalue weighted by molar-refractivity contribution is 0.484. The van der Waals surface area contributed by atoms with E-state index in [1.807, 2.05) is 26.0 Å². The van der Waals surface area contributed by atoms with Gasteiger partial charge in [0.2, 0.25) is 5.82 Å². The maximum absolute atomic E-state index is 12.5. The molecule has 10 nitrogen and oxygen atoms in total. The number of fused-ring (bicyclic) bond motifs is 1. The van der Waals surface area contributed by atoms with Gasteiger partial charge in [-0.15, -0.1) is 10.2 Å². The lowest BCUT2D eigenvalue weighted by Crippen LogP contribution is -2.17. The van der Waals surface area contributed by atoms with Crippen LogP contribution in [0.4, 0.5) is 0 Å². The van der Waals surface area contributed by atoms with Gasteiger partial charge in [-0.1, -0.05) is 13.0 Å². The quantitative estimate of drug-likeness (QED) is 0.662. The Hall–Kier alpha value is -2.66. The van der Waals surface area contributed by atoms with E-state index in [0.717, 1.165) is 12.0 Å². The summed E-state index contributed by atoms with van der Waals surface area (Å²) in [5.74, 6) is 0.111. The molecule has 0 fully saturated rings. The highest BCUT2D eigenvalue weighted by molar-refractivity contribution is 7.85. The Morgan fingerprint density at radius 2 is 1.96 bits per heavy atom. The first kappa shape index (κ1) is 19.7. The van der Waals surface area contributed by atoms with E-state index in [1.165, 1.54) is 22.3 Å².